The minimum atomic E-state index is -0.00267. The Bertz CT molecular complexity index is 811. The van der Waals surface area contributed by atoms with Gasteiger partial charge in [0.2, 0.25) is 5.91 Å². The summed E-state index contributed by atoms with van der Waals surface area (Å²) in [6, 6.07) is 13.7. The lowest BCUT2D eigenvalue weighted by atomic mass is 10.1. The summed E-state index contributed by atoms with van der Waals surface area (Å²) in [4.78, 5) is 19.3. The molecule has 5 heteroatoms. The molecule has 23 heavy (non-hydrogen) atoms. The number of carbonyl (C=O) groups is 1. The van der Waals surface area contributed by atoms with E-state index in [4.69, 9.17) is 4.74 Å². The predicted octanol–water partition coefficient (Wildman–Crippen LogP) is 2.47. The number of rotatable bonds is 6. The summed E-state index contributed by atoms with van der Waals surface area (Å²) in [6.07, 6.45) is 2.79. The smallest absolute Gasteiger partial charge is 0.224 e. The number of benzene rings is 2. The van der Waals surface area contributed by atoms with Gasteiger partial charge in [0, 0.05) is 12.1 Å². The number of nitrogens with one attached hydrogen (secondary N) is 2. The highest BCUT2D eigenvalue weighted by molar-refractivity contribution is 5.79. The second-order valence-electron chi connectivity index (χ2n) is 5.34. The standard InChI is InChI=1S/C18H19N3O2/c1-23-17-5-3-2-4-14(17)11-18(22)19-9-8-13-6-7-15-16(10-13)21-12-20-15/h2-7,10,12H,8-9,11H2,1H3,(H,19,22)(H,20,21). The minimum absolute atomic E-state index is 0.00267. The largest absolute Gasteiger partial charge is 0.496 e. The number of nitrogens with zero attached hydrogens (tertiary/aromatic N) is 1. The number of fused-ring (bicyclic) bond motifs is 1. The normalized spacial score (nSPS) is 10.7. The van der Waals surface area contributed by atoms with E-state index in [1.165, 1.54) is 5.56 Å². The van der Waals surface area contributed by atoms with Gasteiger partial charge in [0.25, 0.3) is 0 Å². The van der Waals surface area contributed by atoms with Crippen LogP contribution in [0.5, 0.6) is 5.75 Å². The van der Waals surface area contributed by atoms with E-state index in [0.29, 0.717) is 13.0 Å². The number of hydrogen-bond acceptors (Lipinski definition) is 3. The number of aromatic nitrogens is 2. The van der Waals surface area contributed by atoms with Gasteiger partial charge in [0.15, 0.2) is 0 Å². The van der Waals surface area contributed by atoms with Crippen molar-refractivity contribution in [2.45, 2.75) is 12.8 Å². The summed E-state index contributed by atoms with van der Waals surface area (Å²) < 4.78 is 5.26. The first-order valence-corrected chi connectivity index (χ1v) is 7.57. The molecule has 0 saturated carbocycles. The topological polar surface area (TPSA) is 67.0 Å². The van der Waals surface area contributed by atoms with Gasteiger partial charge >= 0.3 is 0 Å². The van der Waals surface area contributed by atoms with Gasteiger partial charge in [-0.25, -0.2) is 4.98 Å². The van der Waals surface area contributed by atoms with Crippen molar-refractivity contribution in [2.75, 3.05) is 13.7 Å². The van der Waals surface area contributed by atoms with Gasteiger partial charge in [0.1, 0.15) is 5.75 Å². The van der Waals surface area contributed by atoms with Crippen LogP contribution in [0.1, 0.15) is 11.1 Å². The third-order valence-electron chi connectivity index (χ3n) is 3.76. The van der Waals surface area contributed by atoms with Gasteiger partial charge in [0.05, 0.1) is 30.9 Å². The molecule has 0 radical (unpaired) electrons. The first kappa shape index (κ1) is 15.1. The molecule has 1 heterocycles. The van der Waals surface area contributed by atoms with Crippen LogP contribution in [0.25, 0.3) is 11.0 Å². The van der Waals surface area contributed by atoms with Crippen molar-refractivity contribution < 1.29 is 9.53 Å². The summed E-state index contributed by atoms with van der Waals surface area (Å²) in [7, 11) is 1.61. The van der Waals surface area contributed by atoms with E-state index >= 15 is 0 Å². The van der Waals surface area contributed by atoms with Crippen LogP contribution in [0.3, 0.4) is 0 Å². The molecule has 0 atom stereocenters. The average molecular weight is 309 g/mol. The van der Waals surface area contributed by atoms with Crippen LogP contribution in [0, 0.1) is 0 Å². The molecule has 0 spiro atoms. The van der Waals surface area contributed by atoms with Crippen LogP contribution in [-0.4, -0.2) is 29.5 Å². The second-order valence-corrected chi connectivity index (χ2v) is 5.34. The molecule has 1 amide bonds. The Morgan fingerprint density at radius 2 is 2.13 bits per heavy atom. The summed E-state index contributed by atoms with van der Waals surface area (Å²) in [5.74, 6) is 0.740. The molecule has 2 N–H and O–H groups in total. The van der Waals surface area contributed by atoms with Gasteiger partial charge in [-0.05, 0) is 30.2 Å². The van der Waals surface area contributed by atoms with Crippen LogP contribution >= 0.6 is 0 Å². The van der Waals surface area contributed by atoms with Crippen molar-refractivity contribution in [3.8, 4) is 5.75 Å². The van der Waals surface area contributed by atoms with Crippen LogP contribution in [0.15, 0.2) is 48.8 Å². The lowest BCUT2D eigenvalue weighted by molar-refractivity contribution is -0.120. The summed E-state index contributed by atoms with van der Waals surface area (Å²) in [6.45, 7) is 0.605. The van der Waals surface area contributed by atoms with Crippen molar-refractivity contribution >= 4 is 16.9 Å². The van der Waals surface area contributed by atoms with E-state index in [0.717, 1.165) is 28.8 Å². The molecule has 0 aliphatic rings. The number of para-hydroxylation sites is 1. The number of imidazole rings is 1. The third kappa shape index (κ3) is 3.69. The molecule has 0 fully saturated rings. The molecule has 3 aromatic rings. The monoisotopic (exact) mass is 309 g/mol. The number of carbonyl (C=O) groups excluding carboxylic acids is 1. The van der Waals surface area contributed by atoms with E-state index in [2.05, 4.69) is 21.4 Å². The number of H-pyrrole nitrogens is 1. The number of ether oxygens (including phenoxy) is 1. The Balaban J connectivity index is 1.52. The van der Waals surface area contributed by atoms with Crippen LogP contribution in [-0.2, 0) is 17.6 Å². The fourth-order valence-corrected chi connectivity index (χ4v) is 2.57. The average Bonchev–Trinajstić information content (AvgIpc) is 3.03. The fraction of sp³-hybridized carbons (Fsp3) is 0.222. The van der Waals surface area contributed by atoms with Gasteiger partial charge in [-0.2, -0.15) is 0 Å². The molecule has 5 nitrogen and oxygen atoms in total. The van der Waals surface area contributed by atoms with E-state index in [1.807, 2.05) is 36.4 Å². The Morgan fingerprint density at radius 3 is 3.00 bits per heavy atom. The zero-order valence-corrected chi connectivity index (χ0v) is 13.0. The molecule has 0 aliphatic heterocycles. The zero-order valence-electron chi connectivity index (χ0n) is 13.0. The molecular formula is C18H19N3O2. The van der Waals surface area contributed by atoms with Gasteiger partial charge < -0.3 is 15.0 Å². The molecule has 0 unspecified atom stereocenters. The zero-order chi connectivity index (χ0) is 16.1. The molecule has 2 aromatic carbocycles. The van der Waals surface area contributed by atoms with Gasteiger partial charge in [-0.1, -0.05) is 24.3 Å². The van der Waals surface area contributed by atoms with Gasteiger partial charge in [-0.3, -0.25) is 4.79 Å². The van der Waals surface area contributed by atoms with Crippen molar-refractivity contribution in [3.63, 3.8) is 0 Å². The number of amides is 1. The minimum Gasteiger partial charge on any atom is -0.496 e. The Hall–Kier alpha value is -2.82. The summed E-state index contributed by atoms with van der Waals surface area (Å²) in [5, 5.41) is 2.95. The lowest BCUT2D eigenvalue weighted by Gasteiger charge is -2.09. The summed E-state index contributed by atoms with van der Waals surface area (Å²) >= 11 is 0. The van der Waals surface area contributed by atoms with Crippen molar-refractivity contribution in [2.24, 2.45) is 0 Å². The maximum absolute atomic E-state index is 12.1. The molecule has 0 bridgehead atoms. The highest BCUT2D eigenvalue weighted by atomic mass is 16.5. The highest BCUT2D eigenvalue weighted by Crippen LogP contribution is 2.17. The SMILES string of the molecule is COc1ccccc1CC(=O)NCCc1ccc2nc[nH]c2c1. The van der Waals surface area contributed by atoms with Crippen molar-refractivity contribution in [3.05, 3.63) is 59.9 Å². The van der Waals surface area contributed by atoms with Crippen molar-refractivity contribution in [1.82, 2.24) is 15.3 Å². The first-order chi connectivity index (χ1) is 11.3. The molecule has 0 aliphatic carbocycles. The molecule has 1 aromatic heterocycles. The van der Waals surface area contributed by atoms with E-state index in [9.17, 15) is 4.79 Å². The Labute approximate surface area is 134 Å². The number of methoxy groups -OCH3 is 1. The summed E-state index contributed by atoms with van der Waals surface area (Å²) in [5.41, 5.74) is 4.03. The van der Waals surface area contributed by atoms with Crippen LogP contribution in [0.4, 0.5) is 0 Å². The van der Waals surface area contributed by atoms with E-state index in [1.54, 1.807) is 13.4 Å². The second kappa shape index (κ2) is 6.96. The van der Waals surface area contributed by atoms with Crippen molar-refractivity contribution in [1.29, 1.82) is 0 Å². The maximum atomic E-state index is 12.1. The van der Waals surface area contributed by atoms with E-state index in [-0.39, 0.29) is 5.91 Å². The van der Waals surface area contributed by atoms with Gasteiger partial charge in [-0.15, -0.1) is 0 Å². The van der Waals surface area contributed by atoms with Crippen LogP contribution < -0.4 is 10.1 Å². The van der Waals surface area contributed by atoms with Crippen LogP contribution in [0.2, 0.25) is 0 Å². The Morgan fingerprint density at radius 1 is 1.26 bits per heavy atom. The molecular weight excluding hydrogens is 290 g/mol. The molecule has 3 rings (SSSR count). The fourth-order valence-electron chi connectivity index (χ4n) is 2.57. The predicted molar refractivity (Wildman–Crippen MR) is 89.5 cm³/mol. The maximum Gasteiger partial charge on any atom is 0.224 e. The molecule has 0 saturated heterocycles. The third-order valence-corrected chi connectivity index (χ3v) is 3.76. The van der Waals surface area contributed by atoms with E-state index < -0.39 is 0 Å². The number of aromatic amines is 1. The quantitative estimate of drug-likeness (QED) is 0.735. The molecule has 118 valence electrons. The Kier molecular flexibility index (Phi) is 4.57. The number of hydrogen-bond donors (Lipinski definition) is 2. The highest BCUT2D eigenvalue weighted by Gasteiger charge is 2.07. The first-order valence-electron chi connectivity index (χ1n) is 7.57. The lowest BCUT2D eigenvalue weighted by Crippen LogP contribution is -2.27.